The van der Waals surface area contributed by atoms with Crippen molar-refractivity contribution < 1.29 is 13.6 Å². The summed E-state index contributed by atoms with van der Waals surface area (Å²) in [6.45, 7) is 3.96. The number of nitriles is 1. The lowest BCUT2D eigenvalue weighted by Crippen LogP contribution is -2.11. The molecule has 0 atom stereocenters. The van der Waals surface area contributed by atoms with Gasteiger partial charge in [-0.05, 0) is 32.0 Å². The highest BCUT2D eigenvalue weighted by Crippen LogP contribution is 2.47. The van der Waals surface area contributed by atoms with E-state index in [4.69, 9.17) is 25.9 Å². The topological polar surface area (TPSA) is 59.3 Å². The molecule has 0 aromatic heterocycles. The van der Waals surface area contributed by atoms with Crippen LogP contribution in [-0.2, 0) is 13.6 Å². The molecule has 0 radical (unpaired) electrons. The molecule has 1 aromatic carbocycles. The van der Waals surface area contributed by atoms with Crippen LogP contribution in [0.15, 0.2) is 18.2 Å². The number of nitrogens with zero attached hydrogens (tertiary/aromatic N) is 1. The molecule has 1 aromatic rings. The van der Waals surface area contributed by atoms with E-state index in [0.717, 1.165) is 0 Å². The highest BCUT2D eigenvalue weighted by molar-refractivity contribution is 7.62. The van der Waals surface area contributed by atoms with E-state index in [2.05, 4.69) is 0 Å². The van der Waals surface area contributed by atoms with Crippen LogP contribution < -0.4 is 5.30 Å². The van der Waals surface area contributed by atoms with Gasteiger partial charge in [0, 0.05) is 5.02 Å². The lowest BCUT2D eigenvalue weighted by atomic mass is 10.2. The number of halogens is 1. The zero-order valence-electron chi connectivity index (χ0n) is 9.64. The average Bonchev–Trinajstić information content (AvgIpc) is 2.28. The molecule has 1 rings (SSSR count). The second-order valence-electron chi connectivity index (χ2n) is 3.14. The predicted molar refractivity (Wildman–Crippen MR) is 66.7 cm³/mol. The molecular formula is C11H13ClNO3P. The standard InChI is InChI=1S/C11H13ClNO3P/c1-3-15-17(14,16-4-2)11-6-9(8-13)5-10(12)7-11/h5-7H,3-4H2,1-2H3. The Labute approximate surface area is 106 Å². The van der Waals surface area contributed by atoms with Crippen molar-refractivity contribution in [3.05, 3.63) is 28.8 Å². The molecule has 17 heavy (non-hydrogen) atoms. The smallest absolute Gasteiger partial charge is 0.305 e. The van der Waals surface area contributed by atoms with Crippen LogP contribution in [0.4, 0.5) is 0 Å². The number of hydrogen-bond donors (Lipinski definition) is 0. The van der Waals surface area contributed by atoms with Gasteiger partial charge in [-0.25, -0.2) is 0 Å². The van der Waals surface area contributed by atoms with Crippen molar-refractivity contribution in [2.75, 3.05) is 13.2 Å². The molecule has 0 aliphatic heterocycles. The van der Waals surface area contributed by atoms with Crippen molar-refractivity contribution in [1.29, 1.82) is 5.26 Å². The number of benzene rings is 1. The largest absolute Gasteiger partial charge is 0.361 e. The summed E-state index contributed by atoms with van der Waals surface area (Å²) in [7, 11) is -3.37. The molecule has 0 N–H and O–H groups in total. The number of hydrogen-bond acceptors (Lipinski definition) is 4. The fourth-order valence-corrected chi connectivity index (χ4v) is 3.28. The van der Waals surface area contributed by atoms with E-state index in [0.29, 0.717) is 15.9 Å². The quantitative estimate of drug-likeness (QED) is 0.774. The summed E-state index contributed by atoms with van der Waals surface area (Å²) in [5.41, 5.74) is 0.326. The van der Waals surface area contributed by atoms with Crippen LogP contribution in [0.3, 0.4) is 0 Å². The van der Waals surface area contributed by atoms with Crippen LogP contribution in [0.1, 0.15) is 19.4 Å². The Bertz CT molecular complexity index is 474. The van der Waals surface area contributed by atoms with E-state index in [1.807, 2.05) is 6.07 Å². The van der Waals surface area contributed by atoms with Crippen molar-refractivity contribution in [1.82, 2.24) is 0 Å². The van der Waals surface area contributed by atoms with Gasteiger partial charge in [-0.3, -0.25) is 4.57 Å². The molecule has 0 amide bonds. The minimum Gasteiger partial charge on any atom is -0.305 e. The molecule has 0 aliphatic rings. The van der Waals surface area contributed by atoms with Crippen molar-refractivity contribution in [2.24, 2.45) is 0 Å². The Hall–Kier alpha value is -0.850. The summed E-state index contributed by atoms with van der Waals surface area (Å²) in [5, 5.41) is 9.47. The molecule has 0 unspecified atom stereocenters. The van der Waals surface area contributed by atoms with Crippen molar-refractivity contribution in [2.45, 2.75) is 13.8 Å². The summed E-state index contributed by atoms with van der Waals surface area (Å²) < 4.78 is 22.8. The SMILES string of the molecule is CCOP(=O)(OCC)c1cc(Cl)cc(C#N)c1. The maximum Gasteiger partial charge on any atom is 0.361 e. The minimum atomic E-state index is -3.37. The normalized spacial score (nSPS) is 11.2. The molecule has 0 saturated heterocycles. The fraction of sp³-hybridized carbons (Fsp3) is 0.364. The molecule has 0 aliphatic carbocycles. The zero-order chi connectivity index (χ0) is 12.9. The van der Waals surface area contributed by atoms with E-state index in [-0.39, 0.29) is 13.2 Å². The average molecular weight is 274 g/mol. The molecule has 4 nitrogen and oxygen atoms in total. The van der Waals surface area contributed by atoms with Gasteiger partial charge in [-0.1, -0.05) is 11.6 Å². The molecule has 0 fully saturated rings. The van der Waals surface area contributed by atoms with E-state index in [1.54, 1.807) is 13.8 Å². The summed E-state index contributed by atoms with van der Waals surface area (Å²) in [6, 6.07) is 6.41. The highest BCUT2D eigenvalue weighted by Gasteiger charge is 2.27. The van der Waals surface area contributed by atoms with E-state index in [9.17, 15) is 4.57 Å². The Morgan fingerprint density at radius 3 is 2.35 bits per heavy atom. The third-order valence-corrected chi connectivity index (χ3v) is 4.23. The van der Waals surface area contributed by atoms with E-state index in [1.165, 1.54) is 18.2 Å². The van der Waals surface area contributed by atoms with Gasteiger partial charge >= 0.3 is 7.60 Å². The highest BCUT2D eigenvalue weighted by atomic mass is 35.5. The molecule has 6 heteroatoms. The molecule has 0 spiro atoms. The first-order valence-corrected chi connectivity index (χ1v) is 7.08. The summed E-state index contributed by atoms with van der Waals surface area (Å²) in [4.78, 5) is 0. The monoisotopic (exact) mass is 273 g/mol. The van der Waals surface area contributed by atoms with Gasteiger partial charge in [0.2, 0.25) is 0 Å². The van der Waals surface area contributed by atoms with Crippen LogP contribution >= 0.6 is 19.2 Å². The Morgan fingerprint density at radius 2 is 1.88 bits per heavy atom. The van der Waals surface area contributed by atoms with Gasteiger partial charge in [-0.2, -0.15) is 5.26 Å². The maximum atomic E-state index is 12.4. The van der Waals surface area contributed by atoms with Crippen molar-refractivity contribution in [3.8, 4) is 6.07 Å². The third kappa shape index (κ3) is 3.55. The third-order valence-electron chi connectivity index (χ3n) is 1.93. The maximum absolute atomic E-state index is 12.4. The fourth-order valence-electron chi connectivity index (χ4n) is 1.32. The van der Waals surface area contributed by atoms with Crippen molar-refractivity contribution in [3.63, 3.8) is 0 Å². The predicted octanol–water partition coefficient (Wildman–Crippen LogP) is 3.10. The van der Waals surface area contributed by atoms with Crippen LogP contribution in [0, 0.1) is 11.3 Å². The van der Waals surface area contributed by atoms with Gasteiger partial charge in [0.1, 0.15) is 0 Å². The van der Waals surface area contributed by atoms with Crippen LogP contribution in [0.2, 0.25) is 5.02 Å². The first kappa shape index (κ1) is 14.2. The second kappa shape index (κ2) is 6.18. The zero-order valence-corrected chi connectivity index (χ0v) is 11.3. The molecule has 0 bridgehead atoms. The second-order valence-corrected chi connectivity index (χ2v) is 5.61. The van der Waals surface area contributed by atoms with E-state index < -0.39 is 7.60 Å². The van der Waals surface area contributed by atoms with Crippen LogP contribution in [0.5, 0.6) is 0 Å². The van der Waals surface area contributed by atoms with Gasteiger partial charge < -0.3 is 9.05 Å². The van der Waals surface area contributed by atoms with Gasteiger partial charge in [-0.15, -0.1) is 0 Å². The molecule has 92 valence electrons. The number of rotatable bonds is 5. The first-order valence-electron chi connectivity index (χ1n) is 5.16. The van der Waals surface area contributed by atoms with E-state index >= 15 is 0 Å². The summed E-state index contributed by atoms with van der Waals surface area (Å²) in [5.74, 6) is 0. The first-order chi connectivity index (χ1) is 8.05. The van der Waals surface area contributed by atoms with Crippen LogP contribution in [-0.4, -0.2) is 13.2 Å². The van der Waals surface area contributed by atoms with Gasteiger partial charge in [0.15, 0.2) is 0 Å². The lowest BCUT2D eigenvalue weighted by molar-refractivity contribution is 0.230. The van der Waals surface area contributed by atoms with Crippen LogP contribution in [0.25, 0.3) is 0 Å². The lowest BCUT2D eigenvalue weighted by Gasteiger charge is -2.17. The Balaban J connectivity index is 3.24. The summed E-state index contributed by atoms with van der Waals surface area (Å²) >= 11 is 5.85. The van der Waals surface area contributed by atoms with Gasteiger partial charge in [0.25, 0.3) is 0 Å². The summed E-state index contributed by atoms with van der Waals surface area (Å²) in [6.07, 6.45) is 0. The molecule has 0 saturated carbocycles. The molecular weight excluding hydrogens is 261 g/mol. The minimum absolute atomic E-state index is 0.256. The Morgan fingerprint density at radius 1 is 1.29 bits per heavy atom. The Kier molecular flexibility index (Phi) is 5.17. The van der Waals surface area contributed by atoms with Crippen molar-refractivity contribution >= 4 is 24.5 Å². The van der Waals surface area contributed by atoms with Gasteiger partial charge in [0.05, 0.1) is 30.2 Å². The molecule has 0 heterocycles.